The van der Waals surface area contributed by atoms with Crippen LogP contribution in [0.5, 0.6) is 0 Å². The number of amides is 1. The van der Waals surface area contributed by atoms with Crippen LogP contribution >= 0.6 is 0 Å². The molecule has 9 heteroatoms. The number of hydrogen-bond acceptors (Lipinski definition) is 3. The van der Waals surface area contributed by atoms with Crippen molar-refractivity contribution in [1.82, 2.24) is 9.62 Å². The van der Waals surface area contributed by atoms with Gasteiger partial charge < -0.3 is 4.90 Å². The fraction of sp³-hybridized carbons (Fsp3) is 0.500. The molecule has 1 aliphatic heterocycles. The quantitative estimate of drug-likeness (QED) is 0.907. The van der Waals surface area contributed by atoms with Gasteiger partial charge in [-0.05, 0) is 31.0 Å². The Morgan fingerprint density at radius 3 is 2.39 bits per heavy atom. The van der Waals surface area contributed by atoms with E-state index in [1.54, 1.807) is 4.90 Å². The molecule has 0 bridgehead atoms. The average molecular weight is 350 g/mol. The van der Waals surface area contributed by atoms with Crippen molar-refractivity contribution < 1.29 is 26.4 Å². The Bertz CT molecular complexity index is 681. The van der Waals surface area contributed by atoms with E-state index in [9.17, 15) is 26.4 Å². The van der Waals surface area contributed by atoms with Crippen molar-refractivity contribution in [3.8, 4) is 0 Å². The molecule has 0 aromatic heterocycles. The summed E-state index contributed by atoms with van der Waals surface area (Å²) in [5.74, 6) is -0.0795. The molecule has 23 heavy (non-hydrogen) atoms. The minimum atomic E-state index is -4.60. The van der Waals surface area contributed by atoms with Crippen molar-refractivity contribution in [2.75, 3.05) is 13.1 Å². The molecule has 1 aromatic rings. The molecule has 0 spiro atoms. The van der Waals surface area contributed by atoms with Crippen molar-refractivity contribution >= 4 is 15.9 Å². The van der Waals surface area contributed by atoms with Gasteiger partial charge in [-0.2, -0.15) is 13.2 Å². The summed E-state index contributed by atoms with van der Waals surface area (Å²) in [6.07, 6.45) is -3.74. The minimum absolute atomic E-state index is 0.0795. The number of sulfonamides is 1. The van der Waals surface area contributed by atoms with Crippen molar-refractivity contribution in [2.24, 2.45) is 0 Å². The number of carbonyl (C=O) groups excluding carboxylic acids is 1. The van der Waals surface area contributed by atoms with Gasteiger partial charge in [-0.1, -0.05) is 6.07 Å². The van der Waals surface area contributed by atoms with Gasteiger partial charge in [0.15, 0.2) is 0 Å². The number of alkyl halides is 3. The predicted molar refractivity (Wildman–Crippen MR) is 77.0 cm³/mol. The van der Waals surface area contributed by atoms with Crippen molar-refractivity contribution in [3.05, 3.63) is 29.8 Å². The molecule has 1 amide bonds. The number of carbonyl (C=O) groups is 1. The van der Waals surface area contributed by atoms with Crippen LogP contribution in [-0.4, -0.2) is 38.4 Å². The predicted octanol–water partition coefficient (Wildman–Crippen LogP) is 1.99. The first-order valence-electron chi connectivity index (χ1n) is 7.05. The SMILES string of the molecule is CC(=O)N1CCC(NS(=O)(=O)c2cccc(C(F)(F)F)c2)CC1. The van der Waals surface area contributed by atoms with Gasteiger partial charge in [0.2, 0.25) is 15.9 Å². The van der Waals surface area contributed by atoms with Crippen LogP contribution in [-0.2, 0) is 21.0 Å². The normalized spacial score (nSPS) is 17.3. The lowest BCUT2D eigenvalue weighted by molar-refractivity contribution is -0.137. The molecule has 0 radical (unpaired) electrons. The van der Waals surface area contributed by atoms with E-state index in [0.717, 1.165) is 18.2 Å². The maximum Gasteiger partial charge on any atom is 0.416 e. The van der Waals surface area contributed by atoms with Crippen LogP contribution in [0.2, 0.25) is 0 Å². The van der Waals surface area contributed by atoms with Crippen molar-refractivity contribution in [1.29, 1.82) is 0 Å². The molecule has 1 aromatic carbocycles. The standard InChI is InChI=1S/C14H17F3N2O3S/c1-10(20)19-7-5-12(6-8-19)18-23(21,22)13-4-2-3-11(9-13)14(15,16)17/h2-4,9,12,18H,5-8H2,1H3. The van der Waals surface area contributed by atoms with E-state index in [1.807, 2.05) is 0 Å². The summed E-state index contributed by atoms with van der Waals surface area (Å²) in [5, 5.41) is 0. The van der Waals surface area contributed by atoms with E-state index < -0.39 is 32.7 Å². The Morgan fingerprint density at radius 2 is 1.87 bits per heavy atom. The third kappa shape index (κ3) is 4.44. The van der Waals surface area contributed by atoms with E-state index in [4.69, 9.17) is 0 Å². The summed E-state index contributed by atoms with van der Waals surface area (Å²) >= 11 is 0. The van der Waals surface area contributed by atoms with E-state index in [-0.39, 0.29) is 5.91 Å². The number of benzene rings is 1. The number of nitrogens with zero attached hydrogens (tertiary/aromatic N) is 1. The number of rotatable bonds is 3. The second kappa shape index (κ2) is 6.48. The highest BCUT2D eigenvalue weighted by atomic mass is 32.2. The van der Waals surface area contributed by atoms with Crippen LogP contribution < -0.4 is 4.72 Å². The Kier molecular flexibility index (Phi) is 5.00. The molecule has 1 aliphatic rings. The van der Waals surface area contributed by atoms with Gasteiger partial charge in [0.25, 0.3) is 0 Å². The van der Waals surface area contributed by atoms with E-state index >= 15 is 0 Å². The molecule has 0 aliphatic carbocycles. The van der Waals surface area contributed by atoms with Crippen LogP contribution in [0.4, 0.5) is 13.2 Å². The molecule has 1 N–H and O–H groups in total. The third-order valence-corrected chi connectivity index (χ3v) is 5.25. The van der Waals surface area contributed by atoms with E-state index in [0.29, 0.717) is 32.0 Å². The molecule has 1 fully saturated rings. The number of nitrogens with one attached hydrogen (secondary N) is 1. The maximum atomic E-state index is 12.7. The number of piperidine rings is 1. The number of halogens is 3. The summed E-state index contributed by atoms with van der Waals surface area (Å²) in [6, 6.07) is 3.24. The average Bonchev–Trinajstić information content (AvgIpc) is 2.46. The first-order valence-corrected chi connectivity index (χ1v) is 8.53. The lowest BCUT2D eigenvalue weighted by atomic mass is 10.1. The molecular weight excluding hydrogens is 333 g/mol. The molecule has 5 nitrogen and oxygen atoms in total. The highest BCUT2D eigenvalue weighted by molar-refractivity contribution is 7.89. The van der Waals surface area contributed by atoms with Crippen molar-refractivity contribution in [2.45, 2.75) is 36.9 Å². The van der Waals surface area contributed by atoms with Crippen LogP contribution in [0, 0.1) is 0 Å². The molecular formula is C14H17F3N2O3S. The lowest BCUT2D eigenvalue weighted by Crippen LogP contribution is -2.45. The zero-order chi connectivity index (χ0) is 17.3. The zero-order valence-corrected chi connectivity index (χ0v) is 13.2. The molecule has 0 atom stereocenters. The number of hydrogen-bond donors (Lipinski definition) is 1. The first kappa shape index (κ1) is 17.7. The Hall–Kier alpha value is -1.61. The zero-order valence-electron chi connectivity index (χ0n) is 12.4. The molecule has 1 saturated heterocycles. The van der Waals surface area contributed by atoms with Gasteiger partial charge in [0.1, 0.15) is 0 Å². The molecule has 1 heterocycles. The summed E-state index contributed by atoms with van der Waals surface area (Å²) < 4.78 is 64.9. The topological polar surface area (TPSA) is 66.5 Å². The summed E-state index contributed by atoms with van der Waals surface area (Å²) in [5.41, 5.74) is -1.01. The Labute approximate surface area is 132 Å². The Balaban J connectivity index is 2.10. The highest BCUT2D eigenvalue weighted by Gasteiger charge is 2.32. The fourth-order valence-corrected chi connectivity index (χ4v) is 3.79. The Morgan fingerprint density at radius 1 is 1.26 bits per heavy atom. The lowest BCUT2D eigenvalue weighted by Gasteiger charge is -2.31. The van der Waals surface area contributed by atoms with Gasteiger partial charge in [0, 0.05) is 26.1 Å². The van der Waals surface area contributed by atoms with E-state index in [1.165, 1.54) is 6.92 Å². The molecule has 128 valence electrons. The minimum Gasteiger partial charge on any atom is -0.343 e. The second-order valence-electron chi connectivity index (χ2n) is 5.43. The molecule has 0 unspecified atom stereocenters. The van der Waals surface area contributed by atoms with Gasteiger partial charge in [-0.25, -0.2) is 13.1 Å². The second-order valence-corrected chi connectivity index (χ2v) is 7.14. The summed E-state index contributed by atoms with van der Waals surface area (Å²) in [7, 11) is -4.03. The van der Waals surface area contributed by atoms with Crippen LogP contribution in [0.15, 0.2) is 29.2 Å². The van der Waals surface area contributed by atoms with Gasteiger partial charge in [-0.3, -0.25) is 4.79 Å². The third-order valence-electron chi connectivity index (χ3n) is 3.73. The first-order chi connectivity index (χ1) is 10.6. The van der Waals surface area contributed by atoms with Crippen LogP contribution in [0.1, 0.15) is 25.3 Å². The largest absolute Gasteiger partial charge is 0.416 e. The highest BCUT2D eigenvalue weighted by Crippen LogP contribution is 2.30. The fourth-order valence-electron chi connectivity index (χ4n) is 2.44. The van der Waals surface area contributed by atoms with E-state index in [2.05, 4.69) is 4.72 Å². The van der Waals surface area contributed by atoms with Crippen LogP contribution in [0.3, 0.4) is 0 Å². The molecule has 2 rings (SSSR count). The van der Waals surface area contributed by atoms with Crippen LogP contribution in [0.25, 0.3) is 0 Å². The molecule has 0 saturated carbocycles. The smallest absolute Gasteiger partial charge is 0.343 e. The maximum absolute atomic E-state index is 12.7. The number of likely N-dealkylation sites (tertiary alicyclic amines) is 1. The summed E-state index contributed by atoms with van der Waals surface area (Å²) in [6.45, 7) is 2.28. The van der Waals surface area contributed by atoms with Gasteiger partial charge in [-0.15, -0.1) is 0 Å². The van der Waals surface area contributed by atoms with Gasteiger partial charge >= 0.3 is 6.18 Å². The van der Waals surface area contributed by atoms with Gasteiger partial charge in [0.05, 0.1) is 10.5 Å². The summed E-state index contributed by atoms with van der Waals surface area (Å²) in [4.78, 5) is 12.4. The monoisotopic (exact) mass is 350 g/mol. The van der Waals surface area contributed by atoms with Crippen molar-refractivity contribution in [3.63, 3.8) is 0 Å².